The standard InChI is InChI=1S/C20H25ClFN3O3/c1-3-5-8-23-12-25(4-2)20(28)17-19(27)18(26)14(11-24-17)9-13-10-15(21)6-7-16(13)22/h6-7,10-11,23,27H,3-5,8-9,12H2,1-2H3,(H,24,26). The smallest absolute Gasteiger partial charge is 0.275 e. The van der Waals surface area contributed by atoms with E-state index in [-0.39, 0.29) is 23.2 Å². The number of aromatic amines is 1. The van der Waals surface area contributed by atoms with Crippen LogP contribution in [-0.2, 0) is 6.42 Å². The minimum Gasteiger partial charge on any atom is -0.503 e. The maximum absolute atomic E-state index is 13.9. The number of nitrogens with one attached hydrogen (secondary N) is 2. The Bertz CT molecular complexity index is 885. The summed E-state index contributed by atoms with van der Waals surface area (Å²) in [6, 6.07) is 4.05. The van der Waals surface area contributed by atoms with Crippen molar-refractivity contribution in [1.82, 2.24) is 15.2 Å². The minimum atomic E-state index is -0.712. The summed E-state index contributed by atoms with van der Waals surface area (Å²) in [4.78, 5) is 29.3. The first kappa shape index (κ1) is 21.9. The molecule has 1 heterocycles. The van der Waals surface area contributed by atoms with Crippen molar-refractivity contribution in [1.29, 1.82) is 0 Å². The molecule has 6 nitrogen and oxygen atoms in total. The van der Waals surface area contributed by atoms with Gasteiger partial charge in [0.1, 0.15) is 5.82 Å². The Morgan fingerprint density at radius 3 is 2.75 bits per heavy atom. The van der Waals surface area contributed by atoms with E-state index in [2.05, 4.69) is 17.2 Å². The maximum Gasteiger partial charge on any atom is 0.275 e. The van der Waals surface area contributed by atoms with E-state index >= 15 is 0 Å². The van der Waals surface area contributed by atoms with Gasteiger partial charge in [-0.25, -0.2) is 4.39 Å². The molecule has 0 atom stereocenters. The third-order valence-electron chi connectivity index (χ3n) is 4.42. The summed E-state index contributed by atoms with van der Waals surface area (Å²) < 4.78 is 13.9. The SMILES string of the molecule is CCCCNCN(CC)C(=O)c1[nH]cc(Cc2cc(Cl)ccc2F)c(=O)c1O. The van der Waals surface area contributed by atoms with Gasteiger partial charge in [-0.15, -0.1) is 0 Å². The molecule has 0 spiro atoms. The molecule has 3 N–H and O–H groups in total. The van der Waals surface area contributed by atoms with Gasteiger partial charge < -0.3 is 15.0 Å². The van der Waals surface area contributed by atoms with Crippen LogP contribution in [0.15, 0.2) is 29.2 Å². The molecule has 2 rings (SSSR count). The molecule has 8 heteroatoms. The fourth-order valence-electron chi connectivity index (χ4n) is 2.74. The number of aromatic nitrogens is 1. The third-order valence-corrected chi connectivity index (χ3v) is 4.65. The van der Waals surface area contributed by atoms with Crippen molar-refractivity contribution < 1.29 is 14.3 Å². The van der Waals surface area contributed by atoms with Gasteiger partial charge in [0.2, 0.25) is 5.43 Å². The molecule has 1 amide bonds. The molecule has 0 saturated heterocycles. The molecule has 0 radical (unpaired) electrons. The number of pyridine rings is 1. The van der Waals surface area contributed by atoms with E-state index in [1.807, 2.05) is 6.92 Å². The molecule has 0 aliphatic rings. The molecule has 0 bridgehead atoms. The van der Waals surface area contributed by atoms with Gasteiger partial charge in [-0.1, -0.05) is 24.9 Å². The Kier molecular flexibility index (Phi) is 8.02. The summed E-state index contributed by atoms with van der Waals surface area (Å²) in [5.74, 6) is -1.66. The van der Waals surface area contributed by atoms with Gasteiger partial charge in [-0.2, -0.15) is 0 Å². The summed E-state index contributed by atoms with van der Waals surface area (Å²) in [6.45, 7) is 5.38. The molecule has 0 aliphatic carbocycles. The van der Waals surface area contributed by atoms with Crippen LogP contribution in [0.4, 0.5) is 4.39 Å². The lowest BCUT2D eigenvalue weighted by molar-refractivity contribution is 0.0742. The molecule has 28 heavy (non-hydrogen) atoms. The van der Waals surface area contributed by atoms with E-state index in [1.54, 1.807) is 0 Å². The maximum atomic E-state index is 13.9. The predicted octanol–water partition coefficient (Wildman–Crippen LogP) is 3.27. The third kappa shape index (κ3) is 5.33. The molecule has 0 unspecified atom stereocenters. The van der Waals surface area contributed by atoms with Crippen LogP contribution in [0, 0.1) is 5.82 Å². The Balaban J connectivity index is 2.21. The zero-order valence-electron chi connectivity index (χ0n) is 16.0. The normalized spacial score (nSPS) is 10.9. The van der Waals surface area contributed by atoms with Crippen molar-refractivity contribution in [2.45, 2.75) is 33.1 Å². The van der Waals surface area contributed by atoms with Crippen molar-refractivity contribution in [2.24, 2.45) is 0 Å². The average molecular weight is 410 g/mol. The fourth-order valence-corrected chi connectivity index (χ4v) is 2.93. The number of carbonyl (C=O) groups is 1. The minimum absolute atomic E-state index is 0.0557. The lowest BCUT2D eigenvalue weighted by atomic mass is 10.0. The number of halogens is 2. The Morgan fingerprint density at radius 2 is 2.07 bits per heavy atom. The van der Waals surface area contributed by atoms with Crippen molar-refractivity contribution in [2.75, 3.05) is 19.8 Å². The number of H-pyrrole nitrogens is 1. The van der Waals surface area contributed by atoms with Crippen LogP contribution in [0.2, 0.25) is 5.02 Å². The summed E-state index contributed by atoms with van der Waals surface area (Å²) in [6.07, 6.45) is 3.30. The van der Waals surface area contributed by atoms with Gasteiger partial charge in [0.05, 0.1) is 6.67 Å². The van der Waals surface area contributed by atoms with Crippen LogP contribution in [-0.4, -0.2) is 40.7 Å². The van der Waals surface area contributed by atoms with Gasteiger partial charge in [0, 0.05) is 29.7 Å². The number of benzene rings is 1. The van der Waals surface area contributed by atoms with Crippen LogP contribution in [0.5, 0.6) is 5.75 Å². The molecule has 152 valence electrons. The first-order valence-electron chi connectivity index (χ1n) is 9.26. The summed E-state index contributed by atoms with van der Waals surface area (Å²) in [5.41, 5.74) is -0.526. The van der Waals surface area contributed by atoms with Gasteiger partial charge in [0.15, 0.2) is 11.4 Å². The molecule has 0 saturated carbocycles. The second-order valence-corrected chi connectivity index (χ2v) is 6.89. The highest BCUT2D eigenvalue weighted by Crippen LogP contribution is 2.19. The second kappa shape index (κ2) is 10.2. The monoisotopic (exact) mass is 409 g/mol. The Morgan fingerprint density at radius 1 is 1.32 bits per heavy atom. The number of rotatable bonds is 9. The topological polar surface area (TPSA) is 85.4 Å². The highest BCUT2D eigenvalue weighted by atomic mass is 35.5. The lowest BCUT2D eigenvalue weighted by Gasteiger charge is -2.21. The highest BCUT2D eigenvalue weighted by molar-refractivity contribution is 6.30. The first-order valence-corrected chi connectivity index (χ1v) is 9.64. The van der Waals surface area contributed by atoms with Gasteiger partial charge >= 0.3 is 0 Å². The van der Waals surface area contributed by atoms with Gasteiger partial charge in [-0.05, 0) is 43.7 Å². The van der Waals surface area contributed by atoms with Crippen LogP contribution in [0.25, 0.3) is 0 Å². The number of unbranched alkanes of at least 4 members (excludes halogenated alkanes) is 1. The molecule has 1 aromatic heterocycles. The van der Waals surface area contributed by atoms with Crippen LogP contribution < -0.4 is 10.7 Å². The van der Waals surface area contributed by atoms with Crippen LogP contribution in [0.1, 0.15) is 48.3 Å². The van der Waals surface area contributed by atoms with E-state index in [4.69, 9.17) is 11.6 Å². The second-order valence-electron chi connectivity index (χ2n) is 6.45. The summed E-state index contributed by atoms with van der Waals surface area (Å²) >= 11 is 5.87. The molecule has 0 aliphatic heterocycles. The highest BCUT2D eigenvalue weighted by Gasteiger charge is 2.22. The summed E-state index contributed by atoms with van der Waals surface area (Å²) in [5, 5.41) is 13.8. The first-order chi connectivity index (χ1) is 13.4. The zero-order chi connectivity index (χ0) is 20.7. The van der Waals surface area contributed by atoms with Gasteiger partial charge in [-0.3, -0.25) is 14.9 Å². The van der Waals surface area contributed by atoms with Crippen LogP contribution in [0.3, 0.4) is 0 Å². The number of hydrogen-bond donors (Lipinski definition) is 3. The van der Waals surface area contributed by atoms with Crippen molar-refractivity contribution >= 4 is 17.5 Å². The molecule has 1 aromatic carbocycles. The Hall–Kier alpha value is -2.38. The van der Waals surface area contributed by atoms with E-state index in [9.17, 15) is 19.1 Å². The fraction of sp³-hybridized carbons (Fsp3) is 0.400. The number of nitrogens with zero attached hydrogens (tertiary/aromatic N) is 1. The molecule has 0 fully saturated rings. The van der Waals surface area contributed by atoms with E-state index in [0.29, 0.717) is 18.2 Å². The van der Waals surface area contributed by atoms with Crippen molar-refractivity contribution in [3.63, 3.8) is 0 Å². The predicted molar refractivity (Wildman–Crippen MR) is 107 cm³/mol. The van der Waals surface area contributed by atoms with Crippen molar-refractivity contribution in [3.8, 4) is 5.75 Å². The lowest BCUT2D eigenvalue weighted by Crippen LogP contribution is -2.40. The number of carbonyl (C=O) groups excluding carboxylic acids is 1. The summed E-state index contributed by atoms with van der Waals surface area (Å²) in [7, 11) is 0. The zero-order valence-corrected chi connectivity index (χ0v) is 16.8. The number of amides is 1. The van der Waals surface area contributed by atoms with E-state index < -0.39 is 22.9 Å². The average Bonchev–Trinajstić information content (AvgIpc) is 2.68. The molecular formula is C20H25ClFN3O3. The Labute approximate surface area is 168 Å². The quantitative estimate of drug-likeness (QED) is 0.438. The van der Waals surface area contributed by atoms with Crippen LogP contribution >= 0.6 is 11.6 Å². The molecular weight excluding hydrogens is 385 g/mol. The van der Waals surface area contributed by atoms with Gasteiger partial charge in [0.25, 0.3) is 5.91 Å². The van der Waals surface area contributed by atoms with E-state index in [1.165, 1.54) is 29.3 Å². The molecule has 2 aromatic rings. The number of aromatic hydroxyl groups is 1. The number of hydrogen-bond acceptors (Lipinski definition) is 4. The van der Waals surface area contributed by atoms with Crippen molar-refractivity contribution in [3.05, 3.63) is 62.3 Å². The largest absolute Gasteiger partial charge is 0.503 e. The van der Waals surface area contributed by atoms with E-state index in [0.717, 1.165) is 19.4 Å².